The van der Waals surface area contributed by atoms with Crippen molar-refractivity contribution < 1.29 is 23.1 Å². The molecule has 12 heteroatoms. The molecule has 2 saturated heterocycles. The summed E-state index contributed by atoms with van der Waals surface area (Å²) in [5, 5.41) is 3.77. The molecular weight excluding hydrogens is 628 g/mol. The number of halogens is 2. The summed E-state index contributed by atoms with van der Waals surface area (Å²) in [6.45, 7) is 2.55. The molecule has 1 aliphatic carbocycles. The minimum Gasteiger partial charge on any atom is -0.494 e. The SMILES string of the molecule is COc1cc(C(=O)N2[C@H]3CC[C@@H]2[C@H](N)C3)cc2nc(-c3cc4ccc([C@@H](C)NC(=O)c5ccccc5C(F)F)nc4n3CC3CC3)n(C)c12. The largest absolute Gasteiger partial charge is 0.494 e. The van der Waals surface area contributed by atoms with Crippen LogP contribution in [0.15, 0.2) is 54.6 Å². The van der Waals surface area contributed by atoms with Crippen molar-refractivity contribution in [3.8, 4) is 17.3 Å². The molecule has 2 bridgehead atoms. The summed E-state index contributed by atoms with van der Waals surface area (Å²) in [6.07, 6.45) is 2.24. The minimum atomic E-state index is -2.76. The quantitative estimate of drug-likeness (QED) is 0.195. The Morgan fingerprint density at radius 1 is 1.06 bits per heavy atom. The predicted octanol–water partition coefficient (Wildman–Crippen LogP) is 6.14. The lowest BCUT2D eigenvalue weighted by Crippen LogP contribution is -2.40. The zero-order valence-corrected chi connectivity index (χ0v) is 27.7. The van der Waals surface area contributed by atoms with E-state index in [1.165, 1.54) is 18.2 Å². The van der Waals surface area contributed by atoms with Crippen molar-refractivity contribution in [2.75, 3.05) is 7.11 Å². The number of aryl methyl sites for hydroxylation is 1. The van der Waals surface area contributed by atoms with Crippen LogP contribution >= 0.6 is 0 Å². The van der Waals surface area contributed by atoms with E-state index < -0.39 is 18.4 Å². The van der Waals surface area contributed by atoms with Crippen LogP contribution in [0.4, 0.5) is 8.78 Å². The van der Waals surface area contributed by atoms with Crippen LogP contribution in [0.3, 0.4) is 0 Å². The van der Waals surface area contributed by atoms with E-state index in [9.17, 15) is 18.4 Å². The number of nitrogens with zero attached hydrogens (tertiary/aromatic N) is 5. The van der Waals surface area contributed by atoms with E-state index >= 15 is 0 Å². The maximum atomic E-state index is 13.8. The van der Waals surface area contributed by atoms with Crippen molar-refractivity contribution in [3.05, 3.63) is 77.0 Å². The Balaban J connectivity index is 1.16. The number of imidazole rings is 1. The van der Waals surface area contributed by atoms with Gasteiger partial charge < -0.3 is 29.8 Å². The van der Waals surface area contributed by atoms with Gasteiger partial charge in [-0.3, -0.25) is 9.59 Å². The van der Waals surface area contributed by atoms with Crippen molar-refractivity contribution >= 4 is 33.9 Å². The average molecular weight is 668 g/mol. The van der Waals surface area contributed by atoms with Crippen LogP contribution in [0.1, 0.15) is 83.5 Å². The van der Waals surface area contributed by atoms with Crippen molar-refractivity contribution in [3.63, 3.8) is 0 Å². The second-order valence-corrected chi connectivity index (χ2v) is 13.8. The van der Waals surface area contributed by atoms with E-state index in [0.29, 0.717) is 34.3 Å². The lowest BCUT2D eigenvalue weighted by molar-refractivity contribution is 0.0726. The first-order valence-electron chi connectivity index (χ1n) is 16.9. The van der Waals surface area contributed by atoms with Gasteiger partial charge in [0.05, 0.1) is 30.1 Å². The molecule has 2 aliphatic heterocycles. The van der Waals surface area contributed by atoms with Crippen molar-refractivity contribution in [2.45, 2.75) is 76.2 Å². The molecule has 0 spiro atoms. The lowest BCUT2D eigenvalue weighted by Gasteiger charge is -2.23. The first-order valence-corrected chi connectivity index (χ1v) is 16.9. The highest BCUT2D eigenvalue weighted by atomic mass is 19.3. The van der Waals surface area contributed by atoms with Gasteiger partial charge in [-0.05, 0) is 81.3 Å². The number of fused-ring (bicyclic) bond motifs is 4. The van der Waals surface area contributed by atoms with Gasteiger partial charge in [-0.2, -0.15) is 0 Å². The molecule has 0 radical (unpaired) electrons. The van der Waals surface area contributed by atoms with Gasteiger partial charge in [-0.1, -0.05) is 18.2 Å². The van der Waals surface area contributed by atoms with Gasteiger partial charge in [-0.25, -0.2) is 18.7 Å². The van der Waals surface area contributed by atoms with E-state index in [0.717, 1.165) is 60.9 Å². The summed E-state index contributed by atoms with van der Waals surface area (Å²) in [6, 6.07) is 15.0. The van der Waals surface area contributed by atoms with Gasteiger partial charge >= 0.3 is 0 Å². The first-order chi connectivity index (χ1) is 23.6. The number of alkyl halides is 2. The first kappa shape index (κ1) is 31.4. The molecule has 4 atom stereocenters. The van der Waals surface area contributed by atoms with Crippen LogP contribution < -0.4 is 15.8 Å². The van der Waals surface area contributed by atoms with Gasteiger partial charge in [0.25, 0.3) is 18.2 Å². The molecule has 3 aliphatic rings. The maximum Gasteiger partial charge on any atom is 0.264 e. The third-order valence-corrected chi connectivity index (χ3v) is 10.6. The van der Waals surface area contributed by atoms with Crippen molar-refractivity contribution in [2.24, 2.45) is 18.7 Å². The Labute approximate surface area is 282 Å². The van der Waals surface area contributed by atoms with E-state index in [2.05, 4.69) is 16.0 Å². The molecule has 10 nitrogen and oxygen atoms in total. The molecule has 8 rings (SSSR count). The molecule has 5 aromatic rings. The highest BCUT2D eigenvalue weighted by molar-refractivity contribution is 6.01. The summed E-state index contributed by atoms with van der Waals surface area (Å²) in [7, 11) is 3.55. The second-order valence-electron chi connectivity index (χ2n) is 13.8. The Kier molecular flexibility index (Phi) is 7.66. The van der Waals surface area contributed by atoms with Crippen LogP contribution in [0.5, 0.6) is 5.75 Å². The molecular formula is C37H39F2N7O3. The number of hydrogen-bond donors (Lipinski definition) is 2. The summed E-state index contributed by atoms with van der Waals surface area (Å²) in [4.78, 5) is 38.9. The smallest absolute Gasteiger partial charge is 0.264 e. The minimum absolute atomic E-state index is 0.0127. The maximum absolute atomic E-state index is 13.8. The zero-order chi connectivity index (χ0) is 34.1. The number of carbonyl (C=O) groups is 2. The normalized spacial score (nSPS) is 20.9. The Morgan fingerprint density at radius 2 is 1.86 bits per heavy atom. The number of hydrogen-bond acceptors (Lipinski definition) is 6. The number of amides is 2. The third kappa shape index (κ3) is 5.33. The van der Waals surface area contributed by atoms with E-state index in [1.54, 1.807) is 20.1 Å². The highest BCUT2D eigenvalue weighted by Gasteiger charge is 2.47. The third-order valence-electron chi connectivity index (χ3n) is 10.6. The number of pyridine rings is 1. The molecule has 2 aromatic carbocycles. The number of nitrogens with two attached hydrogens (primary N) is 1. The summed E-state index contributed by atoms with van der Waals surface area (Å²) >= 11 is 0. The second kappa shape index (κ2) is 11.9. The van der Waals surface area contributed by atoms with Crippen molar-refractivity contribution in [1.29, 1.82) is 0 Å². The molecule has 2 amide bonds. The van der Waals surface area contributed by atoms with Gasteiger partial charge in [0.1, 0.15) is 16.9 Å². The Bertz CT molecular complexity index is 2120. The molecule has 0 unspecified atom stereocenters. The molecule has 254 valence electrons. The lowest BCUT2D eigenvalue weighted by atomic mass is 9.97. The van der Waals surface area contributed by atoms with Gasteiger partial charge in [-0.15, -0.1) is 0 Å². The number of benzene rings is 2. The molecule has 3 aromatic heterocycles. The Morgan fingerprint density at radius 3 is 2.55 bits per heavy atom. The van der Waals surface area contributed by atoms with Crippen LogP contribution in [-0.4, -0.2) is 61.1 Å². The highest BCUT2D eigenvalue weighted by Crippen LogP contribution is 2.40. The number of carbonyl (C=O) groups excluding carboxylic acids is 2. The summed E-state index contributed by atoms with van der Waals surface area (Å²) in [5.41, 5.74) is 10.2. The van der Waals surface area contributed by atoms with Gasteiger partial charge in [0, 0.05) is 53.8 Å². The number of aromatic nitrogens is 4. The molecule has 3 fully saturated rings. The predicted molar refractivity (Wildman–Crippen MR) is 182 cm³/mol. The zero-order valence-electron chi connectivity index (χ0n) is 27.7. The van der Waals surface area contributed by atoms with Crippen LogP contribution in [0.25, 0.3) is 33.6 Å². The van der Waals surface area contributed by atoms with E-state index in [-0.39, 0.29) is 35.2 Å². The van der Waals surface area contributed by atoms with E-state index in [1.807, 2.05) is 40.8 Å². The van der Waals surface area contributed by atoms with Gasteiger partial charge in [0.2, 0.25) is 0 Å². The van der Waals surface area contributed by atoms with Crippen LogP contribution in [0.2, 0.25) is 0 Å². The number of rotatable bonds is 9. The summed E-state index contributed by atoms with van der Waals surface area (Å²) in [5.74, 6) is 1.18. The number of nitrogens with one attached hydrogen (secondary N) is 1. The fraction of sp³-hybridized carbons (Fsp3) is 0.405. The number of ether oxygens (including phenoxy) is 1. The fourth-order valence-corrected chi connectivity index (χ4v) is 7.87. The summed E-state index contributed by atoms with van der Waals surface area (Å²) < 4.78 is 37.2. The van der Waals surface area contributed by atoms with Crippen LogP contribution in [0, 0.1) is 5.92 Å². The fourth-order valence-electron chi connectivity index (χ4n) is 7.87. The topological polar surface area (TPSA) is 120 Å². The number of methoxy groups -OCH3 is 1. The average Bonchev–Trinajstić information content (AvgIpc) is 3.42. The molecule has 3 N–H and O–H groups in total. The molecule has 5 heterocycles. The standard InChI is InChI=1S/C37H39F2N7O3/c1-19(41-36(47)25-7-5-4-6-24(25)33(38)39)27-12-10-21-15-30(45(34(21)42-27)18-20-8-9-20)35-43-28-14-22(16-31(49-3)32(28)44(35)2)37(48)46-23-11-13-29(46)26(40)17-23/h4-7,10,12,14-16,19-20,23,26,29,33H,8-9,11,13,17-18,40H2,1-3H3,(H,41,47)/t19-,23+,26-,29-/m1/s1. The molecule has 1 saturated carbocycles. The van der Waals surface area contributed by atoms with E-state index in [4.69, 9.17) is 20.4 Å². The Hall–Kier alpha value is -4.84. The molecule has 49 heavy (non-hydrogen) atoms. The van der Waals surface area contributed by atoms with Crippen LogP contribution in [-0.2, 0) is 13.6 Å². The van der Waals surface area contributed by atoms with Gasteiger partial charge in [0.15, 0.2) is 5.82 Å². The monoisotopic (exact) mass is 667 g/mol. The van der Waals surface area contributed by atoms with Crippen molar-refractivity contribution in [1.82, 2.24) is 29.3 Å².